The summed E-state index contributed by atoms with van der Waals surface area (Å²) >= 11 is 0. The molecule has 3 saturated carbocycles. The third kappa shape index (κ3) is 5.94. The van der Waals surface area contributed by atoms with Gasteiger partial charge in [-0.1, -0.05) is 70.9 Å². The summed E-state index contributed by atoms with van der Waals surface area (Å²) in [7, 11) is 0. The van der Waals surface area contributed by atoms with Crippen LogP contribution >= 0.6 is 0 Å². The van der Waals surface area contributed by atoms with Crippen molar-refractivity contribution in [3.8, 4) is 0 Å². The summed E-state index contributed by atoms with van der Waals surface area (Å²) in [6.45, 7) is 12.9. The molecule has 39 heavy (non-hydrogen) atoms. The predicted octanol–water partition coefficient (Wildman–Crippen LogP) is 6.07. The van der Waals surface area contributed by atoms with E-state index in [4.69, 9.17) is 0 Å². The van der Waals surface area contributed by atoms with Gasteiger partial charge in [-0.2, -0.15) is 0 Å². The maximum atomic E-state index is 14.0. The van der Waals surface area contributed by atoms with E-state index >= 15 is 0 Å². The second-order valence-electron chi connectivity index (χ2n) is 14.3. The van der Waals surface area contributed by atoms with E-state index in [1.54, 1.807) is 0 Å². The molecule has 2 heterocycles. The Balaban J connectivity index is 1.17. The minimum absolute atomic E-state index is 0.120. The first-order chi connectivity index (χ1) is 18.7. The number of carbonyl (C=O) groups is 2. The molecule has 2 aliphatic heterocycles. The minimum atomic E-state index is -0.651. The number of amides is 2. The van der Waals surface area contributed by atoms with Gasteiger partial charge in [0.15, 0.2) is 0 Å². The van der Waals surface area contributed by atoms with E-state index in [-0.39, 0.29) is 17.9 Å². The number of unbranched alkanes of at least 4 members (excludes halogenated alkanes) is 3. The van der Waals surface area contributed by atoms with Gasteiger partial charge in [0.1, 0.15) is 11.6 Å². The lowest BCUT2D eigenvalue weighted by Gasteiger charge is -2.62. The lowest BCUT2D eigenvalue weighted by molar-refractivity contribution is -0.168. The van der Waals surface area contributed by atoms with Gasteiger partial charge in [-0.05, 0) is 99.0 Å². The predicted molar refractivity (Wildman–Crippen MR) is 158 cm³/mol. The Morgan fingerprint density at radius 1 is 0.974 bits per heavy atom. The van der Waals surface area contributed by atoms with Gasteiger partial charge in [-0.15, -0.1) is 0 Å². The summed E-state index contributed by atoms with van der Waals surface area (Å²) in [4.78, 5) is 32.5. The normalized spacial score (nSPS) is 29.9. The van der Waals surface area contributed by atoms with E-state index in [0.29, 0.717) is 23.2 Å². The zero-order valence-corrected chi connectivity index (χ0v) is 25.1. The number of carbonyl (C=O) groups excluding carboxylic acids is 2. The Labute approximate surface area is 237 Å². The molecule has 3 aliphatic carbocycles. The van der Waals surface area contributed by atoms with Crippen LogP contribution in [0, 0.1) is 29.1 Å². The maximum Gasteiger partial charge on any atom is 0.246 e. The summed E-state index contributed by atoms with van der Waals surface area (Å²) in [6, 6.07) is 10.4. The number of nitrogens with zero attached hydrogens (tertiary/aromatic N) is 2. The molecule has 5 aliphatic rings. The number of rotatable bonds is 11. The van der Waals surface area contributed by atoms with Crippen LogP contribution in [0.5, 0.6) is 0 Å². The van der Waals surface area contributed by atoms with Crippen LogP contribution in [0.2, 0.25) is 0 Å². The molecule has 6 rings (SSSR count). The minimum Gasteiger partial charge on any atom is -0.342 e. The third-order valence-corrected chi connectivity index (χ3v) is 11.2. The van der Waals surface area contributed by atoms with E-state index in [2.05, 4.69) is 73.1 Å². The number of piperidine rings is 1. The van der Waals surface area contributed by atoms with Crippen LogP contribution in [0.3, 0.4) is 0 Å². The quantitative estimate of drug-likeness (QED) is 0.350. The van der Waals surface area contributed by atoms with Gasteiger partial charge in [0.2, 0.25) is 11.8 Å². The zero-order valence-electron chi connectivity index (χ0n) is 25.1. The van der Waals surface area contributed by atoms with Crippen molar-refractivity contribution in [2.24, 2.45) is 29.1 Å². The summed E-state index contributed by atoms with van der Waals surface area (Å²) < 4.78 is 0. The van der Waals surface area contributed by atoms with Crippen LogP contribution in [0.4, 0.5) is 0 Å². The smallest absolute Gasteiger partial charge is 0.246 e. The van der Waals surface area contributed by atoms with Gasteiger partial charge in [-0.3, -0.25) is 9.59 Å². The lowest BCUT2D eigenvalue weighted by Crippen LogP contribution is -2.74. The summed E-state index contributed by atoms with van der Waals surface area (Å²) in [5.41, 5.74) is 1.17. The fraction of sp³-hybridized carbons (Fsp3) is 0.765. The molecule has 5 fully saturated rings. The molecule has 2 bridgehead atoms. The SMILES string of the molecule is CC(C)C[C@@H]1NC(=O)C2(CCN(CCCCCCc3ccccc3)CC2)N(C[C@H]2CC[C@H]3CC2C3(C)C)C1=O. The molecule has 0 radical (unpaired) electrons. The fourth-order valence-corrected chi connectivity index (χ4v) is 8.49. The monoisotopic (exact) mass is 535 g/mol. The average molecular weight is 536 g/mol. The van der Waals surface area contributed by atoms with Crippen molar-refractivity contribution in [3.05, 3.63) is 35.9 Å². The fourth-order valence-electron chi connectivity index (χ4n) is 8.49. The Kier molecular flexibility index (Phi) is 8.76. The first-order valence-corrected chi connectivity index (χ1v) is 16.1. The largest absolute Gasteiger partial charge is 0.342 e. The Morgan fingerprint density at radius 3 is 2.36 bits per heavy atom. The van der Waals surface area contributed by atoms with Crippen molar-refractivity contribution in [3.63, 3.8) is 0 Å². The number of likely N-dealkylation sites (tertiary alicyclic amines) is 1. The number of hydrogen-bond acceptors (Lipinski definition) is 3. The highest BCUT2D eigenvalue weighted by Crippen LogP contribution is 2.61. The molecule has 216 valence electrons. The number of fused-ring (bicyclic) bond motifs is 2. The van der Waals surface area contributed by atoms with Crippen LogP contribution < -0.4 is 5.32 Å². The summed E-state index contributed by atoms with van der Waals surface area (Å²) in [5, 5.41) is 3.21. The Hall–Kier alpha value is -1.88. The van der Waals surface area contributed by atoms with E-state index in [1.807, 2.05) is 0 Å². The van der Waals surface area contributed by atoms with Crippen LogP contribution in [-0.2, 0) is 16.0 Å². The molecule has 5 nitrogen and oxygen atoms in total. The molecular weight excluding hydrogens is 482 g/mol. The highest BCUT2D eigenvalue weighted by atomic mass is 16.2. The molecule has 4 atom stereocenters. The molecule has 0 aromatic heterocycles. The molecular formula is C34H53N3O2. The molecule has 1 unspecified atom stereocenters. The van der Waals surface area contributed by atoms with Gasteiger partial charge in [0.05, 0.1) is 0 Å². The van der Waals surface area contributed by atoms with Crippen molar-refractivity contribution in [2.75, 3.05) is 26.2 Å². The van der Waals surface area contributed by atoms with Crippen LogP contribution in [0.25, 0.3) is 0 Å². The highest BCUT2D eigenvalue weighted by molar-refractivity contribution is 6.00. The van der Waals surface area contributed by atoms with E-state index < -0.39 is 5.54 Å². The van der Waals surface area contributed by atoms with E-state index in [0.717, 1.165) is 51.4 Å². The molecule has 1 spiro atoms. The number of nitrogens with one attached hydrogen (secondary N) is 1. The maximum absolute atomic E-state index is 14.0. The third-order valence-electron chi connectivity index (χ3n) is 11.2. The Morgan fingerprint density at radius 2 is 1.69 bits per heavy atom. The number of piperazine rings is 1. The van der Waals surface area contributed by atoms with E-state index in [1.165, 1.54) is 56.9 Å². The van der Waals surface area contributed by atoms with Crippen molar-refractivity contribution in [2.45, 2.75) is 110 Å². The van der Waals surface area contributed by atoms with Crippen molar-refractivity contribution < 1.29 is 9.59 Å². The molecule has 1 aromatic carbocycles. The zero-order chi connectivity index (χ0) is 27.6. The Bertz CT molecular complexity index is 979. The van der Waals surface area contributed by atoms with E-state index in [9.17, 15) is 9.59 Å². The summed E-state index contributed by atoms with van der Waals surface area (Å²) in [5.74, 6) is 2.76. The van der Waals surface area contributed by atoms with Crippen LogP contribution in [0.1, 0.15) is 97.5 Å². The highest BCUT2D eigenvalue weighted by Gasteiger charge is 2.58. The molecule has 1 aromatic rings. The van der Waals surface area contributed by atoms with Gasteiger partial charge in [0.25, 0.3) is 0 Å². The van der Waals surface area contributed by atoms with Crippen LogP contribution in [0.15, 0.2) is 30.3 Å². The second kappa shape index (κ2) is 11.9. The van der Waals surface area contributed by atoms with Gasteiger partial charge in [-0.25, -0.2) is 0 Å². The number of hydrogen-bond donors (Lipinski definition) is 1. The van der Waals surface area contributed by atoms with Crippen LogP contribution in [-0.4, -0.2) is 59.4 Å². The van der Waals surface area contributed by atoms with Gasteiger partial charge in [0, 0.05) is 19.6 Å². The second-order valence-corrected chi connectivity index (χ2v) is 14.3. The summed E-state index contributed by atoms with van der Waals surface area (Å²) in [6.07, 6.45) is 12.3. The average Bonchev–Trinajstić information content (AvgIpc) is 2.93. The molecule has 5 heteroatoms. The van der Waals surface area contributed by atoms with Gasteiger partial charge < -0.3 is 15.1 Å². The lowest BCUT2D eigenvalue weighted by atomic mass is 9.45. The van der Waals surface area contributed by atoms with Crippen molar-refractivity contribution >= 4 is 11.8 Å². The first-order valence-electron chi connectivity index (χ1n) is 16.1. The van der Waals surface area contributed by atoms with Crippen molar-refractivity contribution in [1.82, 2.24) is 15.1 Å². The first kappa shape index (κ1) is 28.6. The molecule has 2 saturated heterocycles. The topological polar surface area (TPSA) is 52.7 Å². The van der Waals surface area contributed by atoms with Gasteiger partial charge >= 0.3 is 0 Å². The van der Waals surface area contributed by atoms with Crippen molar-refractivity contribution in [1.29, 1.82) is 0 Å². The standard InChI is InChI=1S/C34H53N3O2/c1-25(2)22-30-31(38)37(24-27-15-16-28-23-29(27)33(28,3)4)34(32(39)35-30)17-20-36(21-18-34)19-11-6-5-8-12-26-13-9-7-10-14-26/h7,9-10,13-14,25,27-30H,5-6,8,11-12,15-24H2,1-4H3,(H,35,39)/t27-,28+,29?,30+/m1/s1. The molecule has 1 N–H and O–H groups in total. The number of benzene rings is 1. The molecule has 2 amide bonds. The number of aryl methyl sites for hydroxylation is 1.